The fraction of sp³-hybridized carbons (Fsp3) is 0.636. The number of nitrogens with one attached hydrogen (secondary N) is 3. The molecule has 1 aliphatic rings. The second-order valence-corrected chi connectivity index (χ2v) is 8.03. The minimum absolute atomic E-state index is 0.0937. The van der Waals surface area contributed by atoms with Crippen LogP contribution in [-0.4, -0.2) is 68.2 Å². The van der Waals surface area contributed by atoms with Gasteiger partial charge in [0.25, 0.3) is 0 Å². The van der Waals surface area contributed by atoms with E-state index in [1.807, 2.05) is 31.2 Å². The number of hydrogen-bond donors (Lipinski definition) is 3. The molecular formula is C22H36ClN5O2. The van der Waals surface area contributed by atoms with Gasteiger partial charge < -0.3 is 20.7 Å². The highest BCUT2D eigenvalue weighted by atomic mass is 35.5. The van der Waals surface area contributed by atoms with Crippen molar-refractivity contribution in [3.8, 4) is 5.75 Å². The number of rotatable bonds is 10. The first-order valence-corrected chi connectivity index (χ1v) is 11.3. The van der Waals surface area contributed by atoms with E-state index in [2.05, 4.69) is 39.7 Å². The summed E-state index contributed by atoms with van der Waals surface area (Å²) in [6.07, 6.45) is 2.84. The van der Waals surface area contributed by atoms with Gasteiger partial charge in [-0.3, -0.25) is 9.69 Å². The molecule has 1 saturated heterocycles. The zero-order valence-electron chi connectivity index (χ0n) is 18.4. The fourth-order valence-corrected chi connectivity index (χ4v) is 3.47. The van der Waals surface area contributed by atoms with Crippen LogP contribution in [0.4, 0.5) is 0 Å². The van der Waals surface area contributed by atoms with Gasteiger partial charge in [-0.2, -0.15) is 0 Å². The normalized spacial score (nSPS) is 16.7. The quantitative estimate of drug-likeness (QED) is 0.387. The smallest absolute Gasteiger partial charge is 0.234 e. The number of carbonyl (C=O) groups excluding carboxylic acids is 1. The second kappa shape index (κ2) is 13.3. The Kier molecular flexibility index (Phi) is 10.8. The third-order valence-corrected chi connectivity index (χ3v) is 5.20. The Labute approximate surface area is 185 Å². The van der Waals surface area contributed by atoms with E-state index in [1.54, 1.807) is 0 Å². The molecule has 0 radical (unpaired) electrons. The van der Waals surface area contributed by atoms with Gasteiger partial charge in [0.2, 0.25) is 5.91 Å². The van der Waals surface area contributed by atoms with Gasteiger partial charge in [-0.15, -0.1) is 0 Å². The number of amides is 1. The first-order valence-electron chi connectivity index (χ1n) is 11.0. The van der Waals surface area contributed by atoms with E-state index in [4.69, 9.17) is 16.3 Å². The molecule has 0 spiro atoms. The van der Waals surface area contributed by atoms with Crippen molar-refractivity contribution in [2.24, 2.45) is 4.99 Å². The van der Waals surface area contributed by atoms with E-state index in [9.17, 15) is 4.79 Å². The average Bonchev–Trinajstić information content (AvgIpc) is 2.74. The van der Waals surface area contributed by atoms with E-state index >= 15 is 0 Å². The standard InChI is InChI=1S/C22H36ClN5O2/c1-4-12-25-21(29)16-28-13-10-18(11-14-28)27-22(24-5-2)26-15-17(3)30-20-9-7-6-8-19(20)23/h6-9,17-18H,4-5,10-16H2,1-3H3,(H,25,29)(H2,24,26,27). The van der Waals surface area contributed by atoms with Crippen LogP contribution in [0, 0.1) is 0 Å². The summed E-state index contributed by atoms with van der Waals surface area (Å²) in [6.45, 7) is 10.5. The number of nitrogens with zero attached hydrogens (tertiary/aromatic N) is 2. The van der Waals surface area contributed by atoms with Gasteiger partial charge in [0, 0.05) is 32.2 Å². The summed E-state index contributed by atoms with van der Waals surface area (Å²) >= 11 is 6.16. The molecule has 1 fully saturated rings. The van der Waals surface area contributed by atoms with Crippen molar-refractivity contribution < 1.29 is 9.53 Å². The summed E-state index contributed by atoms with van der Waals surface area (Å²) in [5.74, 6) is 1.59. The van der Waals surface area contributed by atoms with E-state index in [-0.39, 0.29) is 12.0 Å². The van der Waals surface area contributed by atoms with Gasteiger partial charge in [0.05, 0.1) is 18.1 Å². The minimum Gasteiger partial charge on any atom is -0.487 e. The number of para-hydroxylation sites is 1. The summed E-state index contributed by atoms with van der Waals surface area (Å²) in [6, 6.07) is 7.81. The summed E-state index contributed by atoms with van der Waals surface area (Å²) < 4.78 is 5.90. The molecule has 1 aliphatic heterocycles. The highest BCUT2D eigenvalue weighted by Gasteiger charge is 2.21. The van der Waals surface area contributed by atoms with Crippen molar-refractivity contribution in [1.29, 1.82) is 0 Å². The Morgan fingerprint density at radius 3 is 2.67 bits per heavy atom. The topological polar surface area (TPSA) is 78.0 Å². The number of halogens is 1. The first kappa shape index (κ1) is 24.3. The van der Waals surface area contributed by atoms with Gasteiger partial charge in [-0.1, -0.05) is 30.7 Å². The van der Waals surface area contributed by atoms with E-state index in [0.29, 0.717) is 29.9 Å². The van der Waals surface area contributed by atoms with E-state index in [0.717, 1.165) is 51.4 Å². The molecule has 1 amide bonds. The molecule has 0 aromatic heterocycles. The minimum atomic E-state index is -0.0937. The zero-order valence-corrected chi connectivity index (χ0v) is 19.2. The molecule has 0 aliphatic carbocycles. The van der Waals surface area contributed by atoms with Gasteiger partial charge in [0.1, 0.15) is 11.9 Å². The lowest BCUT2D eigenvalue weighted by Gasteiger charge is -2.32. The summed E-state index contributed by atoms with van der Waals surface area (Å²) in [5, 5.41) is 10.4. The van der Waals surface area contributed by atoms with Crippen LogP contribution in [0.3, 0.4) is 0 Å². The Bertz CT molecular complexity index is 677. The number of likely N-dealkylation sites (tertiary alicyclic amines) is 1. The molecule has 1 heterocycles. The number of aliphatic imine (C=N–C) groups is 1. The molecule has 168 valence electrons. The van der Waals surface area contributed by atoms with E-state index < -0.39 is 0 Å². The summed E-state index contributed by atoms with van der Waals surface area (Å²) in [4.78, 5) is 18.8. The lowest BCUT2D eigenvalue weighted by Crippen LogP contribution is -2.50. The van der Waals surface area contributed by atoms with Crippen molar-refractivity contribution in [3.05, 3.63) is 29.3 Å². The van der Waals surface area contributed by atoms with Gasteiger partial charge in [0.15, 0.2) is 5.96 Å². The van der Waals surface area contributed by atoms with Crippen LogP contribution in [0.25, 0.3) is 0 Å². The molecule has 1 unspecified atom stereocenters. The summed E-state index contributed by atoms with van der Waals surface area (Å²) in [7, 11) is 0. The predicted octanol–water partition coefficient (Wildman–Crippen LogP) is 2.65. The Balaban J connectivity index is 1.78. The van der Waals surface area contributed by atoms with Gasteiger partial charge in [-0.25, -0.2) is 4.99 Å². The molecule has 3 N–H and O–H groups in total. The number of hydrogen-bond acceptors (Lipinski definition) is 4. The maximum atomic E-state index is 11.9. The SMILES string of the molecule is CCCNC(=O)CN1CCC(NC(=NCC(C)Oc2ccccc2Cl)NCC)CC1. The predicted molar refractivity (Wildman–Crippen MR) is 123 cm³/mol. The van der Waals surface area contributed by atoms with Crippen molar-refractivity contribution in [3.63, 3.8) is 0 Å². The average molecular weight is 438 g/mol. The largest absolute Gasteiger partial charge is 0.487 e. The van der Waals surface area contributed by atoms with Crippen molar-refractivity contribution in [2.75, 3.05) is 39.3 Å². The van der Waals surface area contributed by atoms with Crippen LogP contribution >= 0.6 is 11.6 Å². The molecule has 8 heteroatoms. The van der Waals surface area contributed by atoms with Crippen LogP contribution in [0.5, 0.6) is 5.75 Å². The number of piperidine rings is 1. The third-order valence-electron chi connectivity index (χ3n) is 4.88. The third kappa shape index (κ3) is 8.79. The molecule has 0 bridgehead atoms. The van der Waals surface area contributed by atoms with Crippen LogP contribution in [-0.2, 0) is 4.79 Å². The highest BCUT2D eigenvalue weighted by molar-refractivity contribution is 6.32. The lowest BCUT2D eigenvalue weighted by molar-refractivity contribution is -0.122. The van der Waals surface area contributed by atoms with Crippen molar-refractivity contribution in [2.45, 2.75) is 52.2 Å². The second-order valence-electron chi connectivity index (χ2n) is 7.62. The molecule has 7 nitrogen and oxygen atoms in total. The molecule has 1 aromatic carbocycles. The number of ether oxygens (including phenoxy) is 1. The molecule has 2 rings (SSSR count). The van der Waals surface area contributed by atoms with Crippen LogP contribution in [0.1, 0.15) is 40.0 Å². The maximum Gasteiger partial charge on any atom is 0.234 e. The van der Waals surface area contributed by atoms with Crippen LogP contribution in [0.2, 0.25) is 5.02 Å². The van der Waals surface area contributed by atoms with Crippen molar-refractivity contribution in [1.82, 2.24) is 20.9 Å². The maximum absolute atomic E-state index is 11.9. The summed E-state index contributed by atoms with van der Waals surface area (Å²) in [5.41, 5.74) is 0. The monoisotopic (exact) mass is 437 g/mol. The molecular weight excluding hydrogens is 402 g/mol. The first-order chi connectivity index (χ1) is 14.5. The molecule has 30 heavy (non-hydrogen) atoms. The van der Waals surface area contributed by atoms with Crippen LogP contribution < -0.4 is 20.7 Å². The Hall–Kier alpha value is -1.99. The molecule has 1 atom stereocenters. The van der Waals surface area contributed by atoms with Crippen LogP contribution in [0.15, 0.2) is 29.3 Å². The van der Waals surface area contributed by atoms with Crippen molar-refractivity contribution >= 4 is 23.5 Å². The molecule has 0 saturated carbocycles. The lowest BCUT2D eigenvalue weighted by atomic mass is 10.1. The Morgan fingerprint density at radius 1 is 1.27 bits per heavy atom. The van der Waals surface area contributed by atoms with Gasteiger partial charge in [-0.05, 0) is 45.2 Å². The van der Waals surface area contributed by atoms with Gasteiger partial charge >= 0.3 is 0 Å². The Morgan fingerprint density at radius 2 is 2.00 bits per heavy atom. The number of carbonyl (C=O) groups is 1. The van der Waals surface area contributed by atoms with E-state index in [1.165, 1.54) is 0 Å². The fourth-order valence-electron chi connectivity index (χ4n) is 3.29. The zero-order chi connectivity index (χ0) is 21.8. The molecule has 1 aromatic rings. The number of guanidine groups is 1. The highest BCUT2D eigenvalue weighted by Crippen LogP contribution is 2.24. The number of benzene rings is 1.